The summed E-state index contributed by atoms with van der Waals surface area (Å²) in [5.74, 6) is 0.749. The van der Waals surface area contributed by atoms with E-state index in [9.17, 15) is 5.11 Å². The number of hydrogen-bond acceptors (Lipinski definition) is 3. The Morgan fingerprint density at radius 3 is 2.35 bits per heavy atom. The average molecular weight is 244 g/mol. The molecule has 0 amide bonds. The highest BCUT2D eigenvalue weighted by Crippen LogP contribution is 2.10. The Bertz CT molecular complexity index is 174. The van der Waals surface area contributed by atoms with Gasteiger partial charge in [0.25, 0.3) is 0 Å². The van der Waals surface area contributed by atoms with Crippen LogP contribution in [-0.2, 0) is 0 Å². The van der Waals surface area contributed by atoms with Crippen LogP contribution in [0.5, 0.6) is 0 Å². The lowest BCUT2D eigenvalue weighted by atomic mass is 10.0. The minimum absolute atomic E-state index is 0.242. The lowest BCUT2D eigenvalue weighted by Crippen LogP contribution is -2.38. The normalized spacial score (nSPS) is 15.5. The van der Waals surface area contributed by atoms with Crippen LogP contribution in [0.2, 0.25) is 0 Å². The predicted molar refractivity (Wildman–Crippen MR) is 75.3 cm³/mol. The van der Waals surface area contributed by atoms with Gasteiger partial charge in [-0.2, -0.15) is 0 Å². The van der Waals surface area contributed by atoms with Crippen molar-refractivity contribution in [2.45, 2.75) is 59.0 Å². The summed E-state index contributed by atoms with van der Waals surface area (Å²) in [7, 11) is 2.18. The number of aliphatic hydroxyl groups excluding tert-OH is 1. The Kier molecular flexibility index (Phi) is 9.79. The van der Waals surface area contributed by atoms with Gasteiger partial charge in [0, 0.05) is 12.1 Å². The Morgan fingerprint density at radius 2 is 1.88 bits per heavy atom. The summed E-state index contributed by atoms with van der Waals surface area (Å²) in [5.41, 5.74) is 0. The second kappa shape index (κ2) is 9.86. The molecule has 0 aromatic carbocycles. The molecule has 0 fully saturated rings. The number of aliphatic hydroxyl groups is 1. The number of nitrogens with zero attached hydrogens (tertiary/aromatic N) is 1. The quantitative estimate of drug-likeness (QED) is 0.618. The maximum absolute atomic E-state index is 9.27. The largest absolute Gasteiger partial charge is 0.395 e. The first kappa shape index (κ1) is 16.9. The molecular formula is C14H32N2O. The molecule has 0 aromatic rings. The summed E-state index contributed by atoms with van der Waals surface area (Å²) in [6, 6.07) is 0.879. The fourth-order valence-corrected chi connectivity index (χ4v) is 2.05. The average Bonchev–Trinajstić information content (AvgIpc) is 2.28. The summed E-state index contributed by atoms with van der Waals surface area (Å²) in [5, 5.41) is 12.6. The zero-order valence-corrected chi connectivity index (χ0v) is 12.4. The molecule has 0 radical (unpaired) electrons. The van der Waals surface area contributed by atoms with Gasteiger partial charge < -0.3 is 15.3 Å². The van der Waals surface area contributed by atoms with Crippen LogP contribution >= 0.6 is 0 Å². The van der Waals surface area contributed by atoms with Crippen molar-refractivity contribution in [3.05, 3.63) is 0 Å². The molecule has 0 heterocycles. The van der Waals surface area contributed by atoms with Crippen LogP contribution in [0.1, 0.15) is 47.0 Å². The van der Waals surface area contributed by atoms with E-state index in [1.165, 1.54) is 6.42 Å². The third kappa shape index (κ3) is 8.58. The molecule has 2 atom stereocenters. The molecule has 0 spiro atoms. The van der Waals surface area contributed by atoms with E-state index >= 15 is 0 Å². The van der Waals surface area contributed by atoms with E-state index in [-0.39, 0.29) is 12.6 Å². The van der Waals surface area contributed by atoms with Crippen molar-refractivity contribution in [2.24, 2.45) is 5.92 Å². The summed E-state index contributed by atoms with van der Waals surface area (Å²) in [6.45, 7) is 11.3. The molecule has 2 unspecified atom stereocenters. The van der Waals surface area contributed by atoms with Gasteiger partial charge >= 0.3 is 0 Å². The van der Waals surface area contributed by atoms with E-state index in [0.717, 1.165) is 31.8 Å². The first-order valence-electron chi connectivity index (χ1n) is 7.05. The minimum atomic E-state index is 0.242. The highest BCUT2D eigenvalue weighted by atomic mass is 16.3. The standard InChI is InChI=1S/C14H32N2O/c1-6-8-15-14(11-17)7-9-16(5)13(4)10-12(2)3/h12-15,17H,6-11H2,1-5H3. The molecule has 0 aliphatic carbocycles. The molecular weight excluding hydrogens is 212 g/mol. The fraction of sp³-hybridized carbons (Fsp3) is 1.00. The molecule has 0 rings (SSSR count). The smallest absolute Gasteiger partial charge is 0.0585 e. The summed E-state index contributed by atoms with van der Waals surface area (Å²) in [6.07, 6.45) is 3.38. The molecule has 3 nitrogen and oxygen atoms in total. The molecule has 0 bridgehead atoms. The maximum Gasteiger partial charge on any atom is 0.0585 e. The zero-order chi connectivity index (χ0) is 13.3. The third-order valence-corrected chi connectivity index (χ3v) is 3.30. The van der Waals surface area contributed by atoms with Crippen LogP contribution in [0.3, 0.4) is 0 Å². The van der Waals surface area contributed by atoms with E-state index < -0.39 is 0 Å². The van der Waals surface area contributed by atoms with E-state index in [1.807, 2.05) is 0 Å². The van der Waals surface area contributed by atoms with E-state index in [2.05, 4.69) is 45.0 Å². The van der Waals surface area contributed by atoms with Crippen molar-refractivity contribution in [1.82, 2.24) is 10.2 Å². The molecule has 0 aliphatic heterocycles. The van der Waals surface area contributed by atoms with Crippen molar-refractivity contribution < 1.29 is 5.11 Å². The van der Waals surface area contributed by atoms with Crippen LogP contribution in [0.4, 0.5) is 0 Å². The summed E-state index contributed by atoms with van der Waals surface area (Å²) >= 11 is 0. The number of rotatable bonds is 10. The van der Waals surface area contributed by atoms with Gasteiger partial charge in [-0.05, 0) is 52.2 Å². The highest BCUT2D eigenvalue weighted by Gasteiger charge is 2.13. The van der Waals surface area contributed by atoms with Gasteiger partial charge in [-0.1, -0.05) is 20.8 Å². The third-order valence-electron chi connectivity index (χ3n) is 3.30. The number of nitrogens with one attached hydrogen (secondary N) is 1. The molecule has 3 heteroatoms. The van der Waals surface area contributed by atoms with Crippen molar-refractivity contribution >= 4 is 0 Å². The Labute approximate surface area is 108 Å². The molecule has 0 saturated heterocycles. The second-order valence-corrected chi connectivity index (χ2v) is 5.58. The van der Waals surface area contributed by atoms with E-state index in [0.29, 0.717) is 6.04 Å². The van der Waals surface area contributed by atoms with Gasteiger partial charge in [0.15, 0.2) is 0 Å². The molecule has 0 saturated carbocycles. The van der Waals surface area contributed by atoms with Gasteiger partial charge in [-0.15, -0.1) is 0 Å². The first-order chi connectivity index (χ1) is 8.01. The van der Waals surface area contributed by atoms with E-state index in [1.54, 1.807) is 0 Å². The summed E-state index contributed by atoms with van der Waals surface area (Å²) in [4.78, 5) is 2.40. The van der Waals surface area contributed by atoms with Crippen LogP contribution < -0.4 is 5.32 Å². The minimum Gasteiger partial charge on any atom is -0.395 e. The first-order valence-corrected chi connectivity index (χ1v) is 7.05. The number of hydrogen-bond donors (Lipinski definition) is 2. The molecule has 0 aromatic heterocycles. The van der Waals surface area contributed by atoms with Gasteiger partial charge in [-0.3, -0.25) is 0 Å². The lowest BCUT2D eigenvalue weighted by Gasteiger charge is -2.27. The monoisotopic (exact) mass is 244 g/mol. The van der Waals surface area contributed by atoms with Crippen molar-refractivity contribution in [3.8, 4) is 0 Å². The van der Waals surface area contributed by atoms with Crippen LogP contribution in [0.25, 0.3) is 0 Å². The van der Waals surface area contributed by atoms with Crippen LogP contribution in [0, 0.1) is 5.92 Å². The van der Waals surface area contributed by atoms with Gasteiger partial charge in [0.1, 0.15) is 0 Å². The molecule has 0 aliphatic rings. The second-order valence-electron chi connectivity index (χ2n) is 5.58. The fourth-order valence-electron chi connectivity index (χ4n) is 2.05. The molecule has 2 N–H and O–H groups in total. The van der Waals surface area contributed by atoms with Gasteiger partial charge in [0.2, 0.25) is 0 Å². The topological polar surface area (TPSA) is 35.5 Å². The van der Waals surface area contributed by atoms with Crippen LogP contribution in [-0.4, -0.2) is 48.8 Å². The molecule has 104 valence electrons. The highest BCUT2D eigenvalue weighted by molar-refractivity contribution is 4.70. The maximum atomic E-state index is 9.27. The van der Waals surface area contributed by atoms with Gasteiger partial charge in [0.05, 0.1) is 6.61 Å². The molecule has 17 heavy (non-hydrogen) atoms. The Balaban J connectivity index is 3.82. The van der Waals surface area contributed by atoms with Crippen LogP contribution in [0.15, 0.2) is 0 Å². The summed E-state index contributed by atoms with van der Waals surface area (Å²) < 4.78 is 0. The van der Waals surface area contributed by atoms with E-state index in [4.69, 9.17) is 0 Å². The predicted octanol–water partition coefficient (Wildman–Crippen LogP) is 2.10. The van der Waals surface area contributed by atoms with Crippen molar-refractivity contribution in [3.63, 3.8) is 0 Å². The zero-order valence-electron chi connectivity index (χ0n) is 12.4. The Morgan fingerprint density at radius 1 is 1.24 bits per heavy atom. The SMILES string of the molecule is CCCNC(CO)CCN(C)C(C)CC(C)C. The van der Waals surface area contributed by atoms with Crippen molar-refractivity contribution in [1.29, 1.82) is 0 Å². The van der Waals surface area contributed by atoms with Crippen molar-refractivity contribution in [2.75, 3.05) is 26.7 Å². The van der Waals surface area contributed by atoms with Gasteiger partial charge in [-0.25, -0.2) is 0 Å². The lowest BCUT2D eigenvalue weighted by molar-refractivity contribution is 0.189. The Hall–Kier alpha value is -0.120.